The normalized spacial score (nSPS) is 12.1. The molecule has 1 heterocycles. The number of benzene rings is 1. The van der Waals surface area contributed by atoms with Gasteiger partial charge in [0.15, 0.2) is 0 Å². The lowest BCUT2D eigenvalue weighted by atomic mass is 10.0. The highest BCUT2D eigenvalue weighted by molar-refractivity contribution is 7.88. The third kappa shape index (κ3) is 4.06. The number of sulfonamides is 1. The van der Waals surface area contributed by atoms with E-state index in [0.717, 1.165) is 24.8 Å². The molecule has 0 bridgehead atoms. The lowest BCUT2D eigenvalue weighted by Gasteiger charge is -2.04. The van der Waals surface area contributed by atoms with E-state index in [9.17, 15) is 8.42 Å². The molecule has 20 heavy (non-hydrogen) atoms. The molecule has 0 aliphatic carbocycles. The van der Waals surface area contributed by atoms with Gasteiger partial charge in [-0.05, 0) is 49.1 Å². The summed E-state index contributed by atoms with van der Waals surface area (Å²) >= 11 is 0. The second-order valence-electron chi connectivity index (χ2n) is 5.00. The first kappa shape index (κ1) is 15.0. The molecule has 0 unspecified atom stereocenters. The third-order valence-electron chi connectivity index (χ3n) is 3.25. The Morgan fingerprint density at radius 1 is 1.30 bits per heavy atom. The quantitative estimate of drug-likeness (QED) is 0.670. The Morgan fingerprint density at radius 2 is 2.10 bits per heavy atom. The van der Waals surface area contributed by atoms with Crippen molar-refractivity contribution in [2.24, 2.45) is 5.73 Å². The minimum atomic E-state index is -3.09. The van der Waals surface area contributed by atoms with E-state index < -0.39 is 10.0 Å². The Morgan fingerprint density at radius 3 is 2.80 bits per heavy atom. The number of nitrogens with one attached hydrogen (secondary N) is 2. The van der Waals surface area contributed by atoms with Gasteiger partial charge in [-0.25, -0.2) is 13.1 Å². The third-order valence-corrected chi connectivity index (χ3v) is 3.98. The molecule has 0 spiro atoms. The van der Waals surface area contributed by atoms with Gasteiger partial charge in [0.05, 0.1) is 6.26 Å². The lowest BCUT2D eigenvalue weighted by Crippen LogP contribution is -2.23. The molecule has 0 aliphatic heterocycles. The van der Waals surface area contributed by atoms with E-state index in [0.29, 0.717) is 13.1 Å². The Hall–Kier alpha value is -1.37. The molecule has 2 aromatic rings. The lowest BCUT2D eigenvalue weighted by molar-refractivity contribution is 0.585. The van der Waals surface area contributed by atoms with Crippen LogP contribution in [-0.2, 0) is 22.9 Å². The number of nitrogens with two attached hydrogens (primary N) is 1. The Kier molecular flexibility index (Phi) is 4.80. The molecule has 0 saturated carbocycles. The maximum atomic E-state index is 11.0. The molecule has 1 aromatic heterocycles. The molecule has 2 rings (SSSR count). The smallest absolute Gasteiger partial charge is 0.208 e. The van der Waals surface area contributed by atoms with Crippen LogP contribution < -0.4 is 10.5 Å². The summed E-state index contributed by atoms with van der Waals surface area (Å²) in [7, 11) is -3.09. The van der Waals surface area contributed by atoms with Crippen LogP contribution in [0.4, 0.5) is 0 Å². The number of hydrogen-bond acceptors (Lipinski definition) is 3. The van der Waals surface area contributed by atoms with Crippen molar-refractivity contribution in [2.45, 2.75) is 19.3 Å². The van der Waals surface area contributed by atoms with E-state index in [1.165, 1.54) is 22.8 Å². The number of fused-ring (bicyclic) bond motifs is 1. The van der Waals surface area contributed by atoms with Crippen LogP contribution in [0.25, 0.3) is 10.9 Å². The van der Waals surface area contributed by atoms with Crippen LogP contribution in [0.1, 0.15) is 17.5 Å². The fourth-order valence-electron chi connectivity index (χ4n) is 2.29. The van der Waals surface area contributed by atoms with Gasteiger partial charge in [-0.15, -0.1) is 0 Å². The van der Waals surface area contributed by atoms with Crippen molar-refractivity contribution in [3.05, 3.63) is 35.5 Å². The summed E-state index contributed by atoms with van der Waals surface area (Å²) in [5, 5.41) is 1.21. The predicted molar refractivity (Wildman–Crippen MR) is 82.2 cm³/mol. The molecule has 0 fully saturated rings. The summed E-state index contributed by atoms with van der Waals surface area (Å²) < 4.78 is 24.4. The van der Waals surface area contributed by atoms with Crippen molar-refractivity contribution in [3.8, 4) is 0 Å². The number of aromatic amines is 1. The van der Waals surface area contributed by atoms with Crippen molar-refractivity contribution in [3.63, 3.8) is 0 Å². The number of H-pyrrole nitrogens is 1. The van der Waals surface area contributed by atoms with Crippen LogP contribution >= 0.6 is 0 Å². The average molecular weight is 295 g/mol. The Labute approximate surface area is 119 Å². The zero-order valence-corrected chi connectivity index (χ0v) is 12.5. The molecular weight excluding hydrogens is 274 g/mol. The van der Waals surface area contributed by atoms with Crippen LogP contribution in [0.5, 0.6) is 0 Å². The van der Waals surface area contributed by atoms with Gasteiger partial charge in [-0.1, -0.05) is 6.07 Å². The molecule has 0 amide bonds. The van der Waals surface area contributed by atoms with Gasteiger partial charge in [0.25, 0.3) is 0 Å². The second kappa shape index (κ2) is 6.39. The molecule has 0 aliphatic rings. The molecule has 0 saturated heterocycles. The summed E-state index contributed by atoms with van der Waals surface area (Å²) in [4.78, 5) is 3.24. The van der Waals surface area contributed by atoms with Gasteiger partial charge in [0.2, 0.25) is 10.0 Å². The van der Waals surface area contributed by atoms with Crippen molar-refractivity contribution >= 4 is 20.9 Å². The molecule has 1 aromatic carbocycles. The highest BCUT2D eigenvalue weighted by Gasteiger charge is 2.05. The van der Waals surface area contributed by atoms with Gasteiger partial charge >= 0.3 is 0 Å². The molecule has 0 atom stereocenters. The zero-order chi connectivity index (χ0) is 14.6. The van der Waals surface area contributed by atoms with E-state index in [1.807, 2.05) is 6.20 Å². The Bertz CT molecular complexity index is 677. The van der Waals surface area contributed by atoms with Crippen LogP contribution in [0, 0.1) is 0 Å². The second-order valence-corrected chi connectivity index (χ2v) is 6.84. The molecule has 5 nitrogen and oxygen atoms in total. The average Bonchev–Trinajstić information content (AvgIpc) is 2.77. The molecule has 6 heteroatoms. The Balaban J connectivity index is 2.01. The van der Waals surface area contributed by atoms with Crippen LogP contribution in [-0.4, -0.2) is 32.7 Å². The van der Waals surface area contributed by atoms with E-state index in [2.05, 4.69) is 27.9 Å². The number of aromatic nitrogens is 1. The van der Waals surface area contributed by atoms with Gasteiger partial charge < -0.3 is 10.7 Å². The zero-order valence-electron chi connectivity index (χ0n) is 11.6. The van der Waals surface area contributed by atoms with E-state index in [-0.39, 0.29) is 0 Å². The molecule has 4 N–H and O–H groups in total. The first-order valence-electron chi connectivity index (χ1n) is 6.73. The van der Waals surface area contributed by atoms with Crippen LogP contribution in [0.3, 0.4) is 0 Å². The minimum Gasteiger partial charge on any atom is -0.361 e. The first-order valence-corrected chi connectivity index (χ1v) is 8.62. The number of hydrogen-bond donors (Lipinski definition) is 3. The monoisotopic (exact) mass is 295 g/mol. The van der Waals surface area contributed by atoms with Crippen molar-refractivity contribution in [1.82, 2.24) is 9.71 Å². The van der Waals surface area contributed by atoms with Crippen molar-refractivity contribution in [1.29, 1.82) is 0 Å². The SMILES string of the molecule is CS(=O)(=O)NCCCc1ccc2[nH]cc(CCN)c2c1. The maximum absolute atomic E-state index is 11.0. The number of aryl methyl sites for hydroxylation is 1. The highest BCUT2D eigenvalue weighted by atomic mass is 32.2. The topological polar surface area (TPSA) is 88.0 Å². The maximum Gasteiger partial charge on any atom is 0.208 e. The standard InChI is InChI=1S/C14H21N3O2S/c1-20(18,19)17-8-2-3-11-4-5-14-13(9-11)12(6-7-15)10-16-14/h4-5,9-10,16-17H,2-3,6-8,15H2,1H3. The first-order chi connectivity index (χ1) is 9.49. The highest BCUT2D eigenvalue weighted by Crippen LogP contribution is 2.20. The summed E-state index contributed by atoms with van der Waals surface area (Å²) in [5.74, 6) is 0. The fraction of sp³-hybridized carbons (Fsp3) is 0.429. The van der Waals surface area contributed by atoms with Crippen LogP contribution in [0.15, 0.2) is 24.4 Å². The van der Waals surface area contributed by atoms with Gasteiger partial charge in [-0.3, -0.25) is 0 Å². The van der Waals surface area contributed by atoms with Gasteiger partial charge in [0, 0.05) is 23.6 Å². The van der Waals surface area contributed by atoms with Crippen molar-refractivity contribution < 1.29 is 8.42 Å². The van der Waals surface area contributed by atoms with E-state index in [4.69, 9.17) is 5.73 Å². The van der Waals surface area contributed by atoms with Gasteiger partial charge in [0.1, 0.15) is 0 Å². The summed E-state index contributed by atoms with van der Waals surface area (Å²) in [6.07, 6.45) is 5.69. The predicted octanol–water partition coefficient (Wildman–Crippen LogP) is 1.15. The largest absolute Gasteiger partial charge is 0.361 e. The molecular formula is C14H21N3O2S. The summed E-state index contributed by atoms with van der Waals surface area (Å²) in [6, 6.07) is 6.30. The fourth-order valence-corrected chi connectivity index (χ4v) is 2.81. The minimum absolute atomic E-state index is 0.472. The summed E-state index contributed by atoms with van der Waals surface area (Å²) in [5.41, 5.74) is 9.17. The van der Waals surface area contributed by atoms with Gasteiger partial charge in [-0.2, -0.15) is 0 Å². The summed E-state index contributed by atoms with van der Waals surface area (Å²) in [6.45, 7) is 1.11. The van der Waals surface area contributed by atoms with E-state index >= 15 is 0 Å². The number of rotatable bonds is 7. The van der Waals surface area contributed by atoms with Crippen LogP contribution in [0.2, 0.25) is 0 Å². The molecule has 110 valence electrons. The van der Waals surface area contributed by atoms with Crippen molar-refractivity contribution in [2.75, 3.05) is 19.3 Å². The molecule has 0 radical (unpaired) electrons. The van der Waals surface area contributed by atoms with E-state index in [1.54, 1.807) is 0 Å².